The molecule has 3 nitrogen and oxygen atoms in total. The van der Waals surface area contributed by atoms with Gasteiger partial charge in [-0.25, -0.2) is 4.98 Å². The first kappa shape index (κ1) is 11.2. The minimum Gasteiger partial charge on any atom is -0.325 e. The molecule has 0 aliphatic rings. The van der Waals surface area contributed by atoms with Crippen LogP contribution in [0.15, 0.2) is 34.9 Å². The SMILES string of the molecule is Cc1ncc(-c2ccc(Br)cc2)nc1CN. The van der Waals surface area contributed by atoms with Crippen molar-refractivity contribution in [2.24, 2.45) is 5.73 Å². The van der Waals surface area contributed by atoms with Crippen LogP contribution in [0.4, 0.5) is 0 Å². The maximum atomic E-state index is 5.61. The fraction of sp³-hybridized carbons (Fsp3) is 0.167. The number of nitrogens with zero attached hydrogens (tertiary/aromatic N) is 2. The van der Waals surface area contributed by atoms with Crippen molar-refractivity contribution in [1.82, 2.24) is 9.97 Å². The largest absolute Gasteiger partial charge is 0.325 e. The first-order valence-corrected chi connectivity index (χ1v) is 5.78. The van der Waals surface area contributed by atoms with E-state index in [-0.39, 0.29) is 0 Å². The molecule has 0 aliphatic carbocycles. The van der Waals surface area contributed by atoms with Crippen molar-refractivity contribution >= 4 is 15.9 Å². The molecule has 16 heavy (non-hydrogen) atoms. The molecule has 0 radical (unpaired) electrons. The topological polar surface area (TPSA) is 51.8 Å². The molecule has 2 rings (SSSR count). The van der Waals surface area contributed by atoms with Gasteiger partial charge >= 0.3 is 0 Å². The fourth-order valence-electron chi connectivity index (χ4n) is 1.44. The summed E-state index contributed by atoms with van der Waals surface area (Å²) in [5.74, 6) is 0. The van der Waals surface area contributed by atoms with Crippen molar-refractivity contribution in [1.29, 1.82) is 0 Å². The summed E-state index contributed by atoms with van der Waals surface area (Å²) in [7, 11) is 0. The number of nitrogens with two attached hydrogens (primary N) is 1. The summed E-state index contributed by atoms with van der Waals surface area (Å²) in [6.45, 7) is 2.34. The van der Waals surface area contributed by atoms with Crippen LogP contribution in [-0.4, -0.2) is 9.97 Å². The molecule has 0 bridgehead atoms. The Hall–Kier alpha value is -1.26. The van der Waals surface area contributed by atoms with Crippen molar-refractivity contribution in [3.63, 3.8) is 0 Å². The van der Waals surface area contributed by atoms with Gasteiger partial charge in [0.15, 0.2) is 0 Å². The van der Waals surface area contributed by atoms with E-state index in [0.717, 1.165) is 27.1 Å². The van der Waals surface area contributed by atoms with Crippen molar-refractivity contribution in [3.8, 4) is 11.3 Å². The summed E-state index contributed by atoms with van der Waals surface area (Å²) >= 11 is 3.40. The minimum absolute atomic E-state index is 0.420. The molecule has 0 saturated heterocycles. The highest BCUT2D eigenvalue weighted by atomic mass is 79.9. The predicted molar refractivity (Wildman–Crippen MR) is 67.8 cm³/mol. The van der Waals surface area contributed by atoms with Crippen molar-refractivity contribution in [2.75, 3.05) is 0 Å². The van der Waals surface area contributed by atoms with Crippen LogP contribution in [-0.2, 0) is 6.54 Å². The first-order valence-electron chi connectivity index (χ1n) is 4.99. The van der Waals surface area contributed by atoms with E-state index in [4.69, 9.17) is 5.73 Å². The quantitative estimate of drug-likeness (QED) is 0.918. The molecule has 0 spiro atoms. The van der Waals surface area contributed by atoms with Gasteiger partial charge in [0.2, 0.25) is 0 Å². The van der Waals surface area contributed by atoms with Gasteiger partial charge in [-0.15, -0.1) is 0 Å². The summed E-state index contributed by atoms with van der Waals surface area (Å²) in [4.78, 5) is 8.78. The lowest BCUT2D eigenvalue weighted by Crippen LogP contribution is -2.05. The van der Waals surface area contributed by atoms with Crippen LogP contribution in [0.3, 0.4) is 0 Å². The van der Waals surface area contributed by atoms with Gasteiger partial charge in [-0.2, -0.15) is 0 Å². The maximum absolute atomic E-state index is 5.61. The highest BCUT2D eigenvalue weighted by molar-refractivity contribution is 9.10. The van der Waals surface area contributed by atoms with Crippen LogP contribution < -0.4 is 5.73 Å². The molecule has 4 heteroatoms. The third-order valence-electron chi connectivity index (χ3n) is 2.39. The lowest BCUT2D eigenvalue weighted by Gasteiger charge is -2.05. The Labute approximate surface area is 103 Å². The zero-order valence-corrected chi connectivity index (χ0v) is 10.5. The number of aromatic nitrogens is 2. The number of rotatable bonds is 2. The minimum atomic E-state index is 0.420. The molecule has 1 heterocycles. The summed E-state index contributed by atoms with van der Waals surface area (Å²) in [6.07, 6.45) is 1.78. The Bertz CT molecular complexity index is 494. The Morgan fingerprint density at radius 1 is 1.25 bits per heavy atom. The summed E-state index contributed by atoms with van der Waals surface area (Å²) in [5, 5.41) is 0. The van der Waals surface area contributed by atoms with Crippen molar-refractivity contribution in [2.45, 2.75) is 13.5 Å². The normalized spacial score (nSPS) is 10.4. The molecule has 0 atom stereocenters. The smallest absolute Gasteiger partial charge is 0.0889 e. The van der Waals surface area contributed by atoms with E-state index in [9.17, 15) is 0 Å². The van der Waals surface area contributed by atoms with Gasteiger partial charge in [0.25, 0.3) is 0 Å². The number of benzene rings is 1. The number of halogens is 1. The predicted octanol–water partition coefficient (Wildman–Crippen LogP) is 2.67. The summed E-state index contributed by atoms with van der Waals surface area (Å²) in [5.41, 5.74) is 9.26. The molecule has 0 saturated carbocycles. The summed E-state index contributed by atoms with van der Waals surface area (Å²) < 4.78 is 1.05. The zero-order valence-electron chi connectivity index (χ0n) is 8.94. The molecule has 0 aliphatic heterocycles. The highest BCUT2D eigenvalue weighted by Crippen LogP contribution is 2.20. The Balaban J connectivity index is 2.44. The third-order valence-corrected chi connectivity index (χ3v) is 2.92. The van der Waals surface area contributed by atoms with Crippen molar-refractivity contribution < 1.29 is 0 Å². The average Bonchev–Trinajstić information content (AvgIpc) is 2.31. The third kappa shape index (κ3) is 2.28. The van der Waals surface area contributed by atoms with Crippen LogP contribution in [0.2, 0.25) is 0 Å². The van der Waals surface area contributed by atoms with Gasteiger partial charge < -0.3 is 5.73 Å². The molecule has 2 aromatic rings. The molecular weight excluding hydrogens is 266 g/mol. The van der Waals surface area contributed by atoms with Gasteiger partial charge in [0, 0.05) is 16.6 Å². The number of aryl methyl sites for hydroxylation is 1. The second-order valence-corrected chi connectivity index (χ2v) is 4.41. The maximum Gasteiger partial charge on any atom is 0.0889 e. The van der Waals surface area contributed by atoms with Crippen LogP contribution in [0.1, 0.15) is 11.4 Å². The van der Waals surface area contributed by atoms with Crippen molar-refractivity contribution in [3.05, 3.63) is 46.3 Å². The van der Waals surface area contributed by atoms with E-state index in [1.807, 2.05) is 31.2 Å². The molecule has 1 aromatic carbocycles. The Morgan fingerprint density at radius 3 is 2.56 bits per heavy atom. The van der Waals surface area contributed by atoms with E-state index in [2.05, 4.69) is 25.9 Å². The molecule has 82 valence electrons. The Morgan fingerprint density at radius 2 is 1.94 bits per heavy atom. The molecular formula is C12H12BrN3. The molecule has 1 aromatic heterocycles. The van der Waals surface area contributed by atoms with E-state index in [0.29, 0.717) is 6.54 Å². The number of hydrogen-bond donors (Lipinski definition) is 1. The fourth-order valence-corrected chi connectivity index (χ4v) is 1.71. The van der Waals surface area contributed by atoms with Gasteiger partial charge in [-0.3, -0.25) is 4.98 Å². The molecule has 0 amide bonds. The van der Waals surface area contributed by atoms with Gasteiger partial charge in [-0.05, 0) is 19.1 Å². The monoisotopic (exact) mass is 277 g/mol. The van der Waals surface area contributed by atoms with Crippen LogP contribution in [0.25, 0.3) is 11.3 Å². The van der Waals surface area contributed by atoms with Gasteiger partial charge in [-0.1, -0.05) is 28.1 Å². The van der Waals surface area contributed by atoms with E-state index in [1.54, 1.807) is 6.20 Å². The second-order valence-electron chi connectivity index (χ2n) is 3.50. The lowest BCUT2D eigenvalue weighted by atomic mass is 10.1. The first-order chi connectivity index (χ1) is 7.70. The van der Waals surface area contributed by atoms with Crippen LogP contribution in [0.5, 0.6) is 0 Å². The van der Waals surface area contributed by atoms with Gasteiger partial charge in [0.05, 0.1) is 23.3 Å². The second kappa shape index (κ2) is 4.72. The Kier molecular flexibility index (Phi) is 3.31. The van der Waals surface area contributed by atoms with Crippen LogP contribution >= 0.6 is 15.9 Å². The summed E-state index contributed by atoms with van der Waals surface area (Å²) in [6, 6.07) is 7.98. The average molecular weight is 278 g/mol. The van der Waals surface area contributed by atoms with E-state index < -0.39 is 0 Å². The number of hydrogen-bond acceptors (Lipinski definition) is 3. The van der Waals surface area contributed by atoms with E-state index in [1.165, 1.54) is 0 Å². The zero-order chi connectivity index (χ0) is 11.5. The lowest BCUT2D eigenvalue weighted by molar-refractivity contribution is 0.933. The standard InChI is InChI=1S/C12H12BrN3/c1-8-11(6-14)16-12(7-15-8)9-2-4-10(13)5-3-9/h2-5,7H,6,14H2,1H3. The van der Waals surface area contributed by atoms with Crippen LogP contribution in [0, 0.1) is 6.92 Å². The molecule has 0 unspecified atom stereocenters. The van der Waals surface area contributed by atoms with Gasteiger partial charge in [0.1, 0.15) is 0 Å². The van der Waals surface area contributed by atoms with E-state index >= 15 is 0 Å². The highest BCUT2D eigenvalue weighted by Gasteiger charge is 2.04. The molecule has 2 N–H and O–H groups in total. The molecule has 0 fully saturated rings.